The Morgan fingerprint density at radius 3 is 2.50 bits per heavy atom. The van der Waals surface area contributed by atoms with Crippen molar-refractivity contribution in [2.75, 3.05) is 0 Å². The lowest BCUT2D eigenvalue weighted by Crippen LogP contribution is -2.40. The van der Waals surface area contributed by atoms with Gasteiger partial charge in [-0.2, -0.15) is 4.72 Å². The zero-order valence-corrected chi connectivity index (χ0v) is 11.6. The summed E-state index contributed by atoms with van der Waals surface area (Å²) in [5, 5.41) is 17.5. The molecule has 1 heterocycles. The number of hydrogen-bond acceptors (Lipinski definition) is 4. The van der Waals surface area contributed by atoms with Crippen LogP contribution in [0.15, 0.2) is 23.4 Å². The SMILES string of the molecule is Cn1ccc(S(=O)(=O)N[C@H](CCCC(=O)O)C(=O)O)c1. The number of carboxylic acid groups (broad SMARTS) is 2. The van der Waals surface area contributed by atoms with Gasteiger partial charge in [0.1, 0.15) is 6.04 Å². The van der Waals surface area contributed by atoms with E-state index in [1.54, 1.807) is 7.05 Å². The van der Waals surface area contributed by atoms with Crippen molar-refractivity contribution in [1.29, 1.82) is 0 Å². The Hall–Kier alpha value is -1.87. The van der Waals surface area contributed by atoms with Gasteiger partial charge in [-0.25, -0.2) is 8.42 Å². The Labute approximate surface area is 116 Å². The maximum Gasteiger partial charge on any atom is 0.321 e. The first-order valence-corrected chi connectivity index (χ1v) is 7.29. The number of nitrogens with zero attached hydrogens (tertiary/aromatic N) is 1. The third-order valence-corrected chi connectivity index (χ3v) is 4.05. The van der Waals surface area contributed by atoms with Crippen molar-refractivity contribution >= 4 is 22.0 Å². The summed E-state index contributed by atoms with van der Waals surface area (Å²) in [6, 6.07) is -0.00191. The molecular weight excluding hydrogens is 288 g/mol. The molecule has 8 nitrogen and oxygen atoms in total. The van der Waals surface area contributed by atoms with Crippen molar-refractivity contribution in [2.45, 2.75) is 30.2 Å². The second kappa shape index (κ2) is 6.53. The second-order valence-electron chi connectivity index (χ2n) is 4.31. The molecule has 0 radical (unpaired) electrons. The molecule has 0 unspecified atom stereocenters. The van der Waals surface area contributed by atoms with Gasteiger partial charge in [0.2, 0.25) is 10.0 Å². The minimum absolute atomic E-state index is 0.0375. The summed E-state index contributed by atoms with van der Waals surface area (Å²) in [6.45, 7) is 0. The quantitative estimate of drug-likeness (QED) is 0.621. The van der Waals surface area contributed by atoms with Crippen LogP contribution in [0.5, 0.6) is 0 Å². The first-order chi connectivity index (χ1) is 9.22. The van der Waals surface area contributed by atoms with E-state index in [1.165, 1.54) is 23.0 Å². The van der Waals surface area contributed by atoms with Gasteiger partial charge >= 0.3 is 11.9 Å². The van der Waals surface area contributed by atoms with E-state index < -0.39 is 28.0 Å². The van der Waals surface area contributed by atoms with Gasteiger partial charge < -0.3 is 14.8 Å². The van der Waals surface area contributed by atoms with E-state index in [4.69, 9.17) is 10.2 Å². The Morgan fingerprint density at radius 2 is 2.05 bits per heavy atom. The van der Waals surface area contributed by atoms with Crippen LogP contribution < -0.4 is 4.72 Å². The van der Waals surface area contributed by atoms with Crippen molar-refractivity contribution < 1.29 is 28.2 Å². The summed E-state index contributed by atoms with van der Waals surface area (Å²) < 4.78 is 27.5. The second-order valence-corrected chi connectivity index (χ2v) is 6.02. The van der Waals surface area contributed by atoms with E-state index in [2.05, 4.69) is 4.72 Å². The number of aryl methyl sites for hydroxylation is 1. The highest BCUT2D eigenvalue weighted by molar-refractivity contribution is 7.89. The monoisotopic (exact) mass is 304 g/mol. The van der Waals surface area contributed by atoms with Crippen molar-refractivity contribution in [3.8, 4) is 0 Å². The molecule has 1 rings (SSSR count). The molecule has 1 aromatic heterocycles. The Kier molecular flexibility index (Phi) is 5.28. The molecule has 0 saturated carbocycles. The lowest BCUT2D eigenvalue weighted by atomic mass is 10.1. The molecule has 0 saturated heterocycles. The number of carboxylic acids is 2. The summed E-state index contributed by atoms with van der Waals surface area (Å²) in [6.07, 6.45) is 2.64. The van der Waals surface area contributed by atoms with Crippen LogP contribution in [0.2, 0.25) is 0 Å². The summed E-state index contributed by atoms with van der Waals surface area (Å²) in [5.74, 6) is -2.39. The highest BCUT2D eigenvalue weighted by atomic mass is 32.2. The third-order valence-electron chi connectivity index (χ3n) is 2.59. The maximum absolute atomic E-state index is 12.0. The molecule has 112 valence electrons. The van der Waals surface area contributed by atoms with Crippen molar-refractivity contribution in [3.05, 3.63) is 18.5 Å². The minimum atomic E-state index is -3.93. The fraction of sp³-hybridized carbons (Fsp3) is 0.455. The number of aliphatic carboxylic acids is 2. The minimum Gasteiger partial charge on any atom is -0.481 e. The van der Waals surface area contributed by atoms with Crippen LogP contribution in [-0.2, 0) is 26.7 Å². The van der Waals surface area contributed by atoms with E-state index in [9.17, 15) is 18.0 Å². The molecule has 0 aliphatic carbocycles. The summed E-state index contributed by atoms with van der Waals surface area (Å²) >= 11 is 0. The van der Waals surface area contributed by atoms with Crippen LogP contribution in [-0.4, -0.2) is 41.2 Å². The lowest BCUT2D eigenvalue weighted by molar-refractivity contribution is -0.140. The number of sulfonamides is 1. The van der Waals surface area contributed by atoms with Gasteiger partial charge in [0.05, 0.1) is 4.90 Å². The van der Waals surface area contributed by atoms with Gasteiger partial charge in [0.15, 0.2) is 0 Å². The molecule has 9 heteroatoms. The van der Waals surface area contributed by atoms with Crippen LogP contribution in [0, 0.1) is 0 Å². The number of hydrogen-bond donors (Lipinski definition) is 3. The van der Waals surface area contributed by atoms with Crippen LogP contribution >= 0.6 is 0 Å². The van der Waals surface area contributed by atoms with Crippen molar-refractivity contribution in [2.24, 2.45) is 7.05 Å². The molecule has 20 heavy (non-hydrogen) atoms. The standard InChI is InChI=1S/C11H16N2O6S/c1-13-6-5-8(7-13)20(18,19)12-9(11(16)17)3-2-4-10(14)15/h5-7,9,12H,2-4H2,1H3,(H,14,15)(H,16,17)/t9-/m1/s1. The van der Waals surface area contributed by atoms with E-state index in [1.807, 2.05) is 0 Å². The normalized spacial score (nSPS) is 13.1. The van der Waals surface area contributed by atoms with Gasteiger partial charge in [0, 0.05) is 25.9 Å². The molecule has 0 aromatic carbocycles. The van der Waals surface area contributed by atoms with Crippen LogP contribution in [0.1, 0.15) is 19.3 Å². The molecule has 3 N–H and O–H groups in total. The molecule has 0 aliphatic rings. The Balaban J connectivity index is 2.74. The maximum atomic E-state index is 12.0. The van der Waals surface area contributed by atoms with Crippen LogP contribution in [0.4, 0.5) is 0 Å². The zero-order chi connectivity index (χ0) is 15.3. The van der Waals surface area contributed by atoms with E-state index in [0.717, 1.165) is 0 Å². The summed E-state index contributed by atoms with van der Waals surface area (Å²) in [4.78, 5) is 21.3. The molecule has 0 aliphatic heterocycles. The lowest BCUT2D eigenvalue weighted by Gasteiger charge is -2.13. The Morgan fingerprint density at radius 1 is 1.40 bits per heavy atom. The van der Waals surface area contributed by atoms with Gasteiger partial charge in [-0.3, -0.25) is 9.59 Å². The molecule has 0 bridgehead atoms. The van der Waals surface area contributed by atoms with E-state index >= 15 is 0 Å². The van der Waals surface area contributed by atoms with Gasteiger partial charge in [-0.05, 0) is 18.9 Å². The third kappa shape index (κ3) is 4.67. The molecule has 0 fully saturated rings. The predicted molar refractivity (Wildman–Crippen MR) is 68.6 cm³/mol. The molecule has 1 atom stereocenters. The van der Waals surface area contributed by atoms with Gasteiger partial charge in [-0.1, -0.05) is 0 Å². The highest BCUT2D eigenvalue weighted by Gasteiger charge is 2.25. The number of nitrogens with one attached hydrogen (secondary N) is 1. The zero-order valence-electron chi connectivity index (χ0n) is 10.8. The van der Waals surface area contributed by atoms with Crippen molar-refractivity contribution in [1.82, 2.24) is 9.29 Å². The number of aromatic nitrogens is 1. The average molecular weight is 304 g/mol. The fourth-order valence-corrected chi connectivity index (χ4v) is 2.86. The molecule has 1 aromatic rings. The highest BCUT2D eigenvalue weighted by Crippen LogP contribution is 2.11. The van der Waals surface area contributed by atoms with Crippen molar-refractivity contribution in [3.63, 3.8) is 0 Å². The fourth-order valence-electron chi connectivity index (χ4n) is 1.58. The average Bonchev–Trinajstić information content (AvgIpc) is 2.74. The topological polar surface area (TPSA) is 126 Å². The molecule has 0 amide bonds. The van der Waals surface area contributed by atoms with Crippen LogP contribution in [0.3, 0.4) is 0 Å². The first kappa shape index (κ1) is 16.2. The summed E-state index contributed by atoms with van der Waals surface area (Å²) in [7, 11) is -2.29. The van der Waals surface area contributed by atoms with Crippen LogP contribution in [0.25, 0.3) is 0 Å². The Bertz CT molecular complexity index is 592. The number of carbonyl (C=O) groups is 2. The van der Waals surface area contributed by atoms with Gasteiger partial charge in [0.25, 0.3) is 0 Å². The van der Waals surface area contributed by atoms with E-state index in [0.29, 0.717) is 0 Å². The predicted octanol–water partition coefficient (Wildman–Crippen LogP) is 0.0115. The summed E-state index contributed by atoms with van der Waals surface area (Å²) in [5.41, 5.74) is 0. The number of rotatable bonds is 8. The van der Waals surface area contributed by atoms with E-state index in [-0.39, 0.29) is 24.2 Å². The molecule has 0 spiro atoms. The largest absolute Gasteiger partial charge is 0.481 e. The molecular formula is C11H16N2O6S. The van der Waals surface area contributed by atoms with Gasteiger partial charge in [-0.15, -0.1) is 0 Å². The first-order valence-electron chi connectivity index (χ1n) is 5.81. The smallest absolute Gasteiger partial charge is 0.321 e.